The Bertz CT molecular complexity index is 3290. The Balaban J connectivity index is 1.03. The molecule has 0 saturated heterocycles. The average Bonchev–Trinajstić information content (AvgIpc) is 3.68. The van der Waals surface area contributed by atoms with Gasteiger partial charge in [0.25, 0.3) is 0 Å². The highest BCUT2D eigenvalue weighted by Gasteiger charge is 2.18. The van der Waals surface area contributed by atoms with Crippen molar-refractivity contribution in [1.29, 1.82) is 0 Å². The minimum absolute atomic E-state index is 0.647. The molecule has 57 heavy (non-hydrogen) atoms. The molecule has 0 saturated carbocycles. The molecule has 11 aromatic rings. The summed E-state index contributed by atoms with van der Waals surface area (Å²) in [5, 5.41) is 7.23. The molecule has 4 heteroatoms. The quantitative estimate of drug-likeness (QED) is 0.170. The van der Waals surface area contributed by atoms with E-state index in [1.165, 1.54) is 64.3 Å². The van der Waals surface area contributed by atoms with E-state index in [0.717, 1.165) is 27.5 Å². The third kappa shape index (κ3) is 5.86. The van der Waals surface area contributed by atoms with Gasteiger partial charge in [-0.25, -0.2) is 15.0 Å². The van der Waals surface area contributed by atoms with Gasteiger partial charge in [-0.3, -0.25) is 0 Å². The van der Waals surface area contributed by atoms with Crippen LogP contribution in [0, 0.1) is 0 Å². The molecule has 0 aliphatic carbocycles. The summed E-state index contributed by atoms with van der Waals surface area (Å²) >= 11 is 1.81. The van der Waals surface area contributed by atoms with Crippen LogP contribution in [0.25, 0.3) is 109 Å². The standard InChI is InChI=1S/C53H33N3S/c1-3-14-35(15-4-1)43-23-12-25-46-47-26-13-27-48(50(47)57-49(43)46)53-55-51(36-17-5-2-6-18-36)54-52(56-53)40-31-29-37-32-39(30-28-38(37)33-40)42-21-9-10-22-44(42)45-24-11-19-34-16-7-8-20-41(34)45/h1-33H. The first-order chi connectivity index (χ1) is 28.2. The van der Waals surface area contributed by atoms with Gasteiger partial charge >= 0.3 is 0 Å². The van der Waals surface area contributed by atoms with Crippen LogP contribution < -0.4 is 0 Å². The summed E-state index contributed by atoms with van der Waals surface area (Å²) in [6.45, 7) is 0. The lowest BCUT2D eigenvalue weighted by atomic mass is 9.90. The van der Waals surface area contributed by atoms with Gasteiger partial charge in [0.15, 0.2) is 17.5 Å². The lowest BCUT2D eigenvalue weighted by Crippen LogP contribution is -2.00. The van der Waals surface area contributed by atoms with Crippen molar-refractivity contribution in [3.63, 3.8) is 0 Å². The van der Waals surface area contributed by atoms with E-state index in [0.29, 0.717) is 17.5 Å². The summed E-state index contributed by atoms with van der Waals surface area (Å²) in [4.78, 5) is 15.5. The Kier molecular flexibility index (Phi) is 8.01. The first-order valence-corrected chi connectivity index (χ1v) is 20.0. The number of aromatic nitrogens is 3. The fraction of sp³-hybridized carbons (Fsp3) is 0. The molecule has 0 aliphatic heterocycles. The highest BCUT2D eigenvalue weighted by Crippen LogP contribution is 2.44. The Labute approximate surface area is 334 Å². The van der Waals surface area contributed by atoms with Gasteiger partial charge in [0.2, 0.25) is 0 Å². The normalized spacial score (nSPS) is 11.5. The molecule has 2 aromatic heterocycles. The number of nitrogens with zero attached hydrogens (tertiary/aromatic N) is 3. The van der Waals surface area contributed by atoms with Crippen LogP contribution in [-0.2, 0) is 0 Å². The zero-order valence-electron chi connectivity index (χ0n) is 30.8. The van der Waals surface area contributed by atoms with Crippen molar-refractivity contribution in [2.24, 2.45) is 0 Å². The van der Waals surface area contributed by atoms with Crippen molar-refractivity contribution in [1.82, 2.24) is 15.0 Å². The number of fused-ring (bicyclic) bond motifs is 5. The van der Waals surface area contributed by atoms with Crippen LogP contribution >= 0.6 is 11.3 Å². The molecule has 0 N–H and O–H groups in total. The summed E-state index contributed by atoms with van der Waals surface area (Å²) in [6.07, 6.45) is 0. The lowest BCUT2D eigenvalue weighted by molar-refractivity contribution is 1.08. The molecule has 0 atom stereocenters. The minimum atomic E-state index is 0.647. The molecule has 3 nitrogen and oxygen atoms in total. The van der Waals surface area contributed by atoms with Crippen LogP contribution in [0.2, 0.25) is 0 Å². The van der Waals surface area contributed by atoms with Gasteiger partial charge in [0.1, 0.15) is 0 Å². The number of thiophene rings is 1. The van der Waals surface area contributed by atoms with E-state index < -0.39 is 0 Å². The SMILES string of the molecule is c1ccc(-c2nc(-c3ccc4cc(-c5ccccc5-c5cccc6ccccc56)ccc4c3)nc(-c3cccc4c3sc3c(-c5ccccc5)cccc34)n2)cc1. The van der Waals surface area contributed by atoms with Gasteiger partial charge < -0.3 is 0 Å². The maximum atomic E-state index is 5.23. The summed E-state index contributed by atoms with van der Waals surface area (Å²) in [5.41, 5.74) is 10.2. The second kappa shape index (κ2) is 13.8. The summed E-state index contributed by atoms with van der Waals surface area (Å²) in [5.74, 6) is 1.96. The second-order valence-electron chi connectivity index (χ2n) is 14.4. The molecule has 0 spiro atoms. The number of benzene rings is 9. The van der Waals surface area contributed by atoms with E-state index in [2.05, 4.69) is 182 Å². The third-order valence-electron chi connectivity index (χ3n) is 10.9. The van der Waals surface area contributed by atoms with Crippen molar-refractivity contribution >= 4 is 53.1 Å². The zero-order valence-corrected chi connectivity index (χ0v) is 31.6. The highest BCUT2D eigenvalue weighted by molar-refractivity contribution is 7.26. The molecule has 0 aliphatic rings. The maximum absolute atomic E-state index is 5.23. The fourth-order valence-electron chi connectivity index (χ4n) is 8.17. The molecule has 0 fully saturated rings. The van der Waals surface area contributed by atoms with Crippen molar-refractivity contribution in [2.45, 2.75) is 0 Å². The van der Waals surface area contributed by atoms with E-state index in [1.54, 1.807) is 0 Å². The number of rotatable bonds is 6. The van der Waals surface area contributed by atoms with Gasteiger partial charge in [-0.1, -0.05) is 182 Å². The molecule has 2 heterocycles. The van der Waals surface area contributed by atoms with Gasteiger partial charge in [0, 0.05) is 36.9 Å². The maximum Gasteiger partial charge on any atom is 0.165 e. The van der Waals surface area contributed by atoms with Crippen molar-refractivity contribution in [3.8, 4) is 67.5 Å². The van der Waals surface area contributed by atoms with Crippen LogP contribution in [0.1, 0.15) is 0 Å². The summed E-state index contributed by atoms with van der Waals surface area (Å²) in [7, 11) is 0. The summed E-state index contributed by atoms with van der Waals surface area (Å²) < 4.78 is 2.43. The topological polar surface area (TPSA) is 38.7 Å². The Morgan fingerprint density at radius 1 is 0.263 bits per heavy atom. The highest BCUT2D eigenvalue weighted by atomic mass is 32.1. The molecule has 11 rings (SSSR count). The smallest absolute Gasteiger partial charge is 0.165 e. The molecule has 0 amide bonds. The van der Waals surface area contributed by atoms with Gasteiger partial charge in [-0.05, 0) is 73.1 Å². The van der Waals surface area contributed by atoms with Crippen molar-refractivity contribution in [2.75, 3.05) is 0 Å². The van der Waals surface area contributed by atoms with Crippen molar-refractivity contribution in [3.05, 3.63) is 200 Å². The predicted molar refractivity (Wildman–Crippen MR) is 240 cm³/mol. The van der Waals surface area contributed by atoms with Gasteiger partial charge in [-0.2, -0.15) is 0 Å². The zero-order chi connectivity index (χ0) is 37.7. The van der Waals surface area contributed by atoms with E-state index in [9.17, 15) is 0 Å². The van der Waals surface area contributed by atoms with E-state index in [-0.39, 0.29) is 0 Å². The van der Waals surface area contributed by atoms with E-state index in [1.807, 2.05) is 29.5 Å². The van der Waals surface area contributed by atoms with Crippen LogP contribution in [0.3, 0.4) is 0 Å². The molecule has 266 valence electrons. The number of hydrogen-bond donors (Lipinski definition) is 0. The molecule has 0 radical (unpaired) electrons. The van der Waals surface area contributed by atoms with Crippen LogP contribution in [-0.4, -0.2) is 15.0 Å². The van der Waals surface area contributed by atoms with Crippen molar-refractivity contribution < 1.29 is 0 Å². The monoisotopic (exact) mass is 743 g/mol. The van der Waals surface area contributed by atoms with Crippen LogP contribution in [0.4, 0.5) is 0 Å². The van der Waals surface area contributed by atoms with Gasteiger partial charge in [-0.15, -0.1) is 11.3 Å². The Morgan fingerprint density at radius 2 is 0.754 bits per heavy atom. The third-order valence-corrected chi connectivity index (χ3v) is 12.2. The van der Waals surface area contributed by atoms with Crippen LogP contribution in [0.15, 0.2) is 200 Å². The molecule has 0 bridgehead atoms. The predicted octanol–water partition coefficient (Wildman–Crippen LogP) is 14.5. The lowest BCUT2D eigenvalue weighted by Gasteiger charge is -2.14. The fourth-order valence-corrected chi connectivity index (χ4v) is 9.51. The Hall–Kier alpha value is -7.27. The largest absolute Gasteiger partial charge is 0.208 e. The Morgan fingerprint density at radius 3 is 1.53 bits per heavy atom. The minimum Gasteiger partial charge on any atom is -0.208 e. The number of hydrogen-bond acceptors (Lipinski definition) is 4. The summed E-state index contributed by atoms with van der Waals surface area (Å²) in [6, 6.07) is 71.1. The first kappa shape index (κ1) is 33.1. The molecular weight excluding hydrogens is 711 g/mol. The van der Waals surface area contributed by atoms with Crippen LogP contribution in [0.5, 0.6) is 0 Å². The first-order valence-electron chi connectivity index (χ1n) is 19.2. The van der Waals surface area contributed by atoms with E-state index >= 15 is 0 Å². The second-order valence-corrected chi connectivity index (χ2v) is 15.4. The molecule has 0 unspecified atom stereocenters. The molecule has 9 aromatic carbocycles. The molecular formula is C53H33N3S. The average molecular weight is 744 g/mol. The van der Waals surface area contributed by atoms with Gasteiger partial charge in [0.05, 0.1) is 0 Å². The van der Waals surface area contributed by atoms with E-state index in [4.69, 9.17) is 15.0 Å².